The van der Waals surface area contributed by atoms with E-state index >= 15 is 0 Å². The van der Waals surface area contributed by atoms with Crippen LogP contribution in [0, 0.1) is 6.92 Å². The molecule has 2 aromatic rings. The molecule has 1 amide bonds. The Morgan fingerprint density at radius 1 is 1.35 bits per heavy atom. The highest BCUT2D eigenvalue weighted by atomic mass is 16.5. The van der Waals surface area contributed by atoms with Crippen LogP contribution in [0.4, 0.5) is 5.69 Å². The number of carbonyl (C=O) groups is 1. The third-order valence-electron chi connectivity index (χ3n) is 4.24. The molecule has 2 heterocycles. The summed E-state index contributed by atoms with van der Waals surface area (Å²) in [5.74, 6) is 0.919. The number of methoxy groups -OCH3 is 1. The molecule has 1 atom stereocenters. The summed E-state index contributed by atoms with van der Waals surface area (Å²) >= 11 is 0. The smallest absolute Gasteiger partial charge is 0.228 e. The predicted molar refractivity (Wildman–Crippen MR) is 88.5 cm³/mol. The van der Waals surface area contributed by atoms with Gasteiger partial charge in [-0.2, -0.15) is 5.10 Å². The highest BCUT2D eigenvalue weighted by molar-refractivity contribution is 5.96. The van der Waals surface area contributed by atoms with Crippen LogP contribution in [0.3, 0.4) is 0 Å². The third-order valence-corrected chi connectivity index (χ3v) is 4.24. The average molecular weight is 314 g/mol. The van der Waals surface area contributed by atoms with Gasteiger partial charge in [0.2, 0.25) is 11.8 Å². The number of carbonyl (C=O) groups excluding carboxylic acids is 1. The first-order chi connectivity index (χ1) is 11.1. The summed E-state index contributed by atoms with van der Waals surface area (Å²) in [6, 6.07) is 9.92. The molecule has 0 aliphatic carbocycles. The lowest BCUT2D eigenvalue weighted by Crippen LogP contribution is -2.32. The van der Waals surface area contributed by atoms with Gasteiger partial charge in [0.1, 0.15) is 0 Å². The Bertz CT molecular complexity index is 696. The van der Waals surface area contributed by atoms with Gasteiger partial charge in [0.15, 0.2) is 0 Å². The number of nitrogens with one attached hydrogen (secondary N) is 1. The molecule has 1 aromatic heterocycles. The minimum atomic E-state index is 0.131. The number of benzene rings is 1. The summed E-state index contributed by atoms with van der Waals surface area (Å²) in [5, 5.41) is 7.84. The van der Waals surface area contributed by atoms with E-state index < -0.39 is 0 Å². The summed E-state index contributed by atoms with van der Waals surface area (Å²) in [5.41, 5.74) is 2.94. The van der Waals surface area contributed by atoms with Crippen LogP contribution < -0.4 is 15.0 Å². The molecule has 0 radical (unpaired) electrons. The molecule has 1 fully saturated rings. The van der Waals surface area contributed by atoms with Gasteiger partial charge in [-0.1, -0.05) is 18.2 Å². The van der Waals surface area contributed by atoms with Crippen molar-refractivity contribution in [2.24, 2.45) is 7.05 Å². The molecule has 122 valence electrons. The topological polar surface area (TPSA) is 59.4 Å². The van der Waals surface area contributed by atoms with Crippen molar-refractivity contribution in [2.45, 2.75) is 25.9 Å². The number of nitrogens with zero attached hydrogens (tertiary/aromatic N) is 3. The van der Waals surface area contributed by atoms with Crippen LogP contribution in [0.2, 0.25) is 0 Å². The summed E-state index contributed by atoms with van der Waals surface area (Å²) in [4.78, 5) is 14.1. The lowest BCUT2D eigenvalue weighted by atomic mass is 10.2. The lowest BCUT2D eigenvalue weighted by molar-refractivity contribution is -0.117. The molecule has 1 aromatic carbocycles. The maximum absolute atomic E-state index is 12.2. The van der Waals surface area contributed by atoms with Crippen LogP contribution >= 0.6 is 0 Å². The summed E-state index contributed by atoms with van der Waals surface area (Å²) < 4.78 is 7.15. The van der Waals surface area contributed by atoms with Gasteiger partial charge in [0.25, 0.3) is 0 Å². The van der Waals surface area contributed by atoms with Crippen molar-refractivity contribution in [3.05, 3.63) is 41.6 Å². The molecular formula is C17H22N4O2. The average Bonchev–Trinajstić information content (AvgIpc) is 3.05. The number of hydrogen-bond donors (Lipinski definition) is 1. The quantitative estimate of drug-likeness (QED) is 0.911. The highest BCUT2D eigenvalue weighted by Crippen LogP contribution is 2.23. The maximum atomic E-state index is 12.2. The van der Waals surface area contributed by atoms with E-state index in [1.54, 1.807) is 11.8 Å². The van der Waals surface area contributed by atoms with E-state index in [1.807, 2.05) is 49.2 Å². The van der Waals surface area contributed by atoms with Gasteiger partial charge >= 0.3 is 0 Å². The second-order valence-electron chi connectivity index (χ2n) is 5.82. The van der Waals surface area contributed by atoms with Crippen molar-refractivity contribution < 1.29 is 9.53 Å². The van der Waals surface area contributed by atoms with Crippen LogP contribution in [0.25, 0.3) is 0 Å². The zero-order valence-electron chi connectivity index (χ0n) is 13.7. The van der Waals surface area contributed by atoms with Gasteiger partial charge in [-0.3, -0.25) is 4.79 Å². The van der Waals surface area contributed by atoms with Gasteiger partial charge in [-0.25, -0.2) is 4.68 Å². The van der Waals surface area contributed by atoms with Gasteiger partial charge in [-0.15, -0.1) is 0 Å². The monoisotopic (exact) mass is 314 g/mol. The van der Waals surface area contributed by atoms with Crippen molar-refractivity contribution in [1.82, 2.24) is 15.1 Å². The van der Waals surface area contributed by atoms with Gasteiger partial charge in [0.05, 0.1) is 18.4 Å². The first kappa shape index (κ1) is 15.6. The molecule has 3 rings (SSSR count). The van der Waals surface area contributed by atoms with E-state index in [0.29, 0.717) is 19.5 Å². The van der Waals surface area contributed by atoms with E-state index in [-0.39, 0.29) is 11.9 Å². The SMILES string of the molecule is COc1c(CN[C@@H]2CC(=O)N(c3ccccc3)C2)c(C)nn1C. The Balaban J connectivity index is 1.66. The van der Waals surface area contributed by atoms with Crippen LogP contribution in [-0.4, -0.2) is 35.4 Å². The van der Waals surface area contributed by atoms with Crippen molar-refractivity contribution in [2.75, 3.05) is 18.6 Å². The minimum Gasteiger partial charge on any atom is -0.481 e. The minimum absolute atomic E-state index is 0.131. The molecule has 1 N–H and O–H groups in total. The number of aromatic nitrogens is 2. The Kier molecular flexibility index (Phi) is 4.34. The Morgan fingerprint density at radius 3 is 2.78 bits per heavy atom. The number of anilines is 1. The molecule has 6 nitrogen and oxygen atoms in total. The van der Waals surface area contributed by atoms with E-state index in [1.165, 1.54) is 0 Å². The zero-order chi connectivity index (χ0) is 16.4. The van der Waals surface area contributed by atoms with Crippen LogP contribution in [0.1, 0.15) is 17.7 Å². The largest absolute Gasteiger partial charge is 0.481 e. The Hall–Kier alpha value is -2.34. The fourth-order valence-electron chi connectivity index (χ4n) is 3.09. The second kappa shape index (κ2) is 6.42. The van der Waals surface area contributed by atoms with Crippen LogP contribution in [0.5, 0.6) is 5.88 Å². The Labute approximate surface area is 136 Å². The van der Waals surface area contributed by atoms with Gasteiger partial charge in [-0.05, 0) is 19.1 Å². The third kappa shape index (κ3) is 3.07. The standard InChI is InChI=1S/C17H22N4O2/c1-12-15(17(23-3)20(2)19-12)10-18-13-9-16(22)21(11-13)14-7-5-4-6-8-14/h4-8,13,18H,9-11H2,1-3H3/t13-/m1/s1. The molecule has 1 aliphatic rings. The number of rotatable bonds is 5. The van der Waals surface area contributed by atoms with Crippen LogP contribution in [-0.2, 0) is 18.4 Å². The van der Waals surface area contributed by atoms with Gasteiger partial charge in [0, 0.05) is 38.3 Å². The number of ether oxygens (including phenoxy) is 1. The molecule has 1 aliphatic heterocycles. The molecule has 1 saturated heterocycles. The molecule has 0 bridgehead atoms. The van der Waals surface area contributed by atoms with Crippen molar-refractivity contribution >= 4 is 11.6 Å². The first-order valence-corrected chi connectivity index (χ1v) is 7.75. The second-order valence-corrected chi connectivity index (χ2v) is 5.82. The molecule has 6 heteroatoms. The number of hydrogen-bond acceptors (Lipinski definition) is 4. The van der Waals surface area contributed by atoms with E-state index in [9.17, 15) is 4.79 Å². The molecular weight excluding hydrogens is 292 g/mol. The normalized spacial score (nSPS) is 17.8. The lowest BCUT2D eigenvalue weighted by Gasteiger charge is -2.17. The van der Waals surface area contributed by atoms with Gasteiger partial charge < -0.3 is 15.0 Å². The van der Waals surface area contributed by atoms with Crippen molar-refractivity contribution in [3.63, 3.8) is 0 Å². The van der Waals surface area contributed by atoms with E-state index in [2.05, 4.69) is 10.4 Å². The molecule has 23 heavy (non-hydrogen) atoms. The fourth-order valence-corrected chi connectivity index (χ4v) is 3.09. The number of para-hydroxylation sites is 1. The van der Waals surface area contributed by atoms with E-state index in [0.717, 1.165) is 22.8 Å². The predicted octanol–water partition coefficient (Wildman–Crippen LogP) is 1.63. The van der Waals surface area contributed by atoms with Crippen LogP contribution in [0.15, 0.2) is 30.3 Å². The summed E-state index contributed by atoms with van der Waals surface area (Å²) in [7, 11) is 3.52. The Morgan fingerprint density at radius 2 is 2.09 bits per heavy atom. The van der Waals surface area contributed by atoms with E-state index in [4.69, 9.17) is 4.74 Å². The molecule has 0 saturated carbocycles. The summed E-state index contributed by atoms with van der Waals surface area (Å²) in [6.07, 6.45) is 0.510. The fraction of sp³-hybridized carbons (Fsp3) is 0.412. The van der Waals surface area contributed by atoms with Crippen molar-refractivity contribution in [1.29, 1.82) is 0 Å². The molecule has 0 spiro atoms. The number of amides is 1. The first-order valence-electron chi connectivity index (χ1n) is 7.75. The maximum Gasteiger partial charge on any atom is 0.228 e. The number of aryl methyl sites for hydroxylation is 2. The van der Waals surface area contributed by atoms with Crippen molar-refractivity contribution in [3.8, 4) is 5.88 Å². The zero-order valence-corrected chi connectivity index (χ0v) is 13.7. The molecule has 0 unspecified atom stereocenters. The summed E-state index contributed by atoms with van der Waals surface area (Å²) in [6.45, 7) is 3.30. The highest BCUT2D eigenvalue weighted by Gasteiger charge is 2.30.